The maximum atomic E-state index is 12.8. The molecule has 1 fully saturated rings. The fourth-order valence-electron chi connectivity index (χ4n) is 3.53. The standard InChI is InChI=1S/C20H27NO6/c1-20(2,27-15-7-6-13-4-3-5-14(13)10-15)19(24)21-16-11-25-9-8-17(16)26-12-18(22)23/h6-7,10,16-17H,3-5,8-9,11-12H2,1-2H3,(H,21,24)(H,22,23)/t16-,17+/m1/s1. The molecular weight excluding hydrogens is 350 g/mol. The zero-order valence-corrected chi connectivity index (χ0v) is 15.8. The Hall–Kier alpha value is -2.12. The molecule has 1 aliphatic heterocycles. The smallest absolute Gasteiger partial charge is 0.329 e. The maximum Gasteiger partial charge on any atom is 0.329 e. The van der Waals surface area contributed by atoms with E-state index in [9.17, 15) is 9.59 Å². The number of nitrogens with one attached hydrogen (secondary N) is 1. The van der Waals surface area contributed by atoms with Crippen LogP contribution in [0.15, 0.2) is 18.2 Å². The van der Waals surface area contributed by atoms with Crippen LogP contribution in [0, 0.1) is 0 Å². The van der Waals surface area contributed by atoms with Gasteiger partial charge >= 0.3 is 5.97 Å². The van der Waals surface area contributed by atoms with Crippen LogP contribution in [0.25, 0.3) is 0 Å². The van der Waals surface area contributed by atoms with E-state index in [1.807, 2.05) is 12.1 Å². The molecular formula is C20H27NO6. The number of amides is 1. The molecule has 27 heavy (non-hydrogen) atoms. The van der Waals surface area contributed by atoms with Crippen LogP contribution in [0.2, 0.25) is 0 Å². The molecule has 148 valence electrons. The van der Waals surface area contributed by atoms with Crippen molar-refractivity contribution in [3.05, 3.63) is 29.3 Å². The van der Waals surface area contributed by atoms with Crippen LogP contribution < -0.4 is 10.1 Å². The van der Waals surface area contributed by atoms with Gasteiger partial charge in [0.25, 0.3) is 5.91 Å². The zero-order valence-electron chi connectivity index (χ0n) is 15.8. The van der Waals surface area contributed by atoms with Crippen LogP contribution in [0.1, 0.15) is 37.8 Å². The highest BCUT2D eigenvalue weighted by Crippen LogP contribution is 2.28. The lowest BCUT2D eigenvalue weighted by molar-refractivity contribution is -0.149. The van der Waals surface area contributed by atoms with Gasteiger partial charge < -0.3 is 24.6 Å². The molecule has 1 aliphatic carbocycles. The van der Waals surface area contributed by atoms with Gasteiger partial charge in [-0.3, -0.25) is 4.79 Å². The number of ether oxygens (including phenoxy) is 3. The van der Waals surface area contributed by atoms with E-state index in [2.05, 4.69) is 11.4 Å². The Morgan fingerprint density at radius 1 is 1.30 bits per heavy atom. The third-order valence-corrected chi connectivity index (χ3v) is 5.02. The topological polar surface area (TPSA) is 94.1 Å². The van der Waals surface area contributed by atoms with Crippen LogP contribution in [0.4, 0.5) is 0 Å². The van der Waals surface area contributed by atoms with Crippen LogP contribution in [0.5, 0.6) is 5.75 Å². The molecule has 0 radical (unpaired) electrons. The van der Waals surface area contributed by atoms with Gasteiger partial charge in [-0.25, -0.2) is 4.79 Å². The van der Waals surface area contributed by atoms with Gasteiger partial charge in [-0.05, 0) is 62.8 Å². The van der Waals surface area contributed by atoms with E-state index >= 15 is 0 Å². The van der Waals surface area contributed by atoms with Gasteiger partial charge in [0, 0.05) is 6.61 Å². The predicted octanol–water partition coefficient (Wildman–Crippen LogP) is 1.71. The summed E-state index contributed by atoms with van der Waals surface area (Å²) in [5.74, 6) is -0.649. The summed E-state index contributed by atoms with van der Waals surface area (Å²) in [6, 6.07) is 5.58. The Balaban J connectivity index is 1.61. The van der Waals surface area contributed by atoms with E-state index < -0.39 is 30.3 Å². The molecule has 1 heterocycles. The van der Waals surface area contributed by atoms with Gasteiger partial charge in [0.05, 0.1) is 18.8 Å². The lowest BCUT2D eigenvalue weighted by Crippen LogP contribution is -2.57. The summed E-state index contributed by atoms with van der Waals surface area (Å²) in [6.45, 7) is 3.79. The molecule has 0 saturated carbocycles. The first kappa shape index (κ1) is 19.6. The lowest BCUT2D eigenvalue weighted by atomic mass is 10.0. The van der Waals surface area contributed by atoms with E-state index in [0.717, 1.165) is 19.3 Å². The molecule has 2 atom stereocenters. The highest BCUT2D eigenvalue weighted by molar-refractivity contribution is 5.85. The molecule has 7 nitrogen and oxygen atoms in total. The van der Waals surface area contributed by atoms with E-state index in [0.29, 0.717) is 18.8 Å². The minimum atomic E-state index is -1.08. The number of fused-ring (bicyclic) bond motifs is 1. The Kier molecular flexibility index (Phi) is 6.01. The quantitative estimate of drug-likeness (QED) is 0.751. The Morgan fingerprint density at radius 2 is 2.07 bits per heavy atom. The van der Waals surface area contributed by atoms with E-state index in [-0.39, 0.29) is 12.5 Å². The number of carboxylic acid groups (broad SMARTS) is 1. The third kappa shape index (κ3) is 4.99. The largest absolute Gasteiger partial charge is 0.480 e. The van der Waals surface area contributed by atoms with E-state index in [1.165, 1.54) is 11.1 Å². The van der Waals surface area contributed by atoms with Crippen molar-refractivity contribution in [1.82, 2.24) is 5.32 Å². The second-order valence-electron chi connectivity index (χ2n) is 7.58. The number of carbonyl (C=O) groups excluding carboxylic acids is 1. The summed E-state index contributed by atoms with van der Waals surface area (Å²) in [7, 11) is 0. The maximum absolute atomic E-state index is 12.8. The fourth-order valence-corrected chi connectivity index (χ4v) is 3.53. The molecule has 2 aliphatic rings. The van der Waals surface area contributed by atoms with Gasteiger partial charge in [0.15, 0.2) is 5.60 Å². The first-order chi connectivity index (χ1) is 12.8. The first-order valence-electron chi connectivity index (χ1n) is 9.38. The average molecular weight is 377 g/mol. The van der Waals surface area contributed by atoms with E-state index in [1.54, 1.807) is 13.8 Å². The predicted molar refractivity (Wildman–Crippen MR) is 97.9 cm³/mol. The number of aryl methyl sites for hydroxylation is 2. The number of aliphatic carboxylic acids is 1. The zero-order chi connectivity index (χ0) is 19.4. The summed E-state index contributed by atoms with van der Waals surface area (Å²) < 4.78 is 16.8. The van der Waals surface area contributed by atoms with Crippen LogP contribution in [0.3, 0.4) is 0 Å². The monoisotopic (exact) mass is 377 g/mol. The summed E-state index contributed by atoms with van der Waals surface area (Å²) in [6.07, 6.45) is 3.43. The summed E-state index contributed by atoms with van der Waals surface area (Å²) in [4.78, 5) is 23.5. The molecule has 7 heteroatoms. The van der Waals surface area contributed by atoms with Gasteiger partial charge in [0.1, 0.15) is 12.4 Å². The highest BCUT2D eigenvalue weighted by atomic mass is 16.5. The molecule has 3 rings (SSSR count). The molecule has 1 aromatic rings. The molecule has 1 aromatic carbocycles. The van der Waals surface area contributed by atoms with Gasteiger partial charge in [-0.1, -0.05) is 6.07 Å². The van der Waals surface area contributed by atoms with E-state index in [4.69, 9.17) is 19.3 Å². The van der Waals surface area contributed by atoms with Crippen LogP contribution in [-0.4, -0.2) is 54.6 Å². The second-order valence-corrected chi connectivity index (χ2v) is 7.58. The Bertz CT molecular complexity index is 702. The van der Waals surface area contributed by atoms with Crippen molar-refractivity contribution in [2.45, 2.75) is 57.3 Å². The van der Waals surface area contributed by atoms with Gasteiger partial charge in [0.2, 0.25) is 0 Å². The summed E-state index contributed by atoms with van der Waals surface area (Å²) in [5, 5.41) is 11.7. The normalized spacial score (nSPS) is 22.1. The number of hydrogen-bond acceptors (Lipinski definition) is 5. The van der Waals surface area contributed by atoms with Crippen molar-refractivity contribution < 1.29 is 28.9 Å². The van der Waals surface area contributed by atoms with Crippen molar-refractivity contribution >= 4 is 11.9 Å². The minimum absolute atomic E-state index is 0.283. The molecule has 1 amide bonds. The molecule has 0 aromatic heterocycles. The molecule has 0 unspecified atom stereocenters. The molecule has 1 saturated heterocycles. The minimum Gasteiger partial charge on any atom is -0.480 e. The lowest BCUT2D eigenvalue weighted by Gasteiger charge is -2.34. The van der Waals surface area contributed by atoms with Crippen molar-refractivity contribution in [1.29, 1.82) is 0 Å². The number of hydrogen-bond donors (Lipinski definition) is 2. The third-order valence-electron chi connectivity index (χ3n) is 5.02. The van der Waals surface area contributed by atoms with Crippen molar-refractivity contribution in [3.63, 3.8) is 0 Å². The van der Waals surface area contributed by atoms with Crippen molar-refractivity contribution in [2.24, 2.45) is 0 Å². The van der Waals surface area contributed by atoms with Crippen LogP contribution in [-0.2, 0) is 31.9 Å². The summed E-state index contributed by atoms with van der Waals surface area (Å²) in [5.41, 5.74) is 1.55. The highest BCUT2D eigenvalue weighted by Gasteiger charge is 2.35. The molecule has 0 bridgehead atoms. The number of carbonyl (C=O) groups is 2. The SMILES string of the molecule is CC(C)(Oc1ccc2c(c1)CCC2)C(=O)N[C@@H]1COCC[C@@H]1OCC(=O)O. The van der Waals surface area contributed by atoms with Gasteiger partial charge in [-0.15, -0.1) is 0 Å². The second kappa shape index (κ2) is 8.27. The first-order valence-corrected chi connectivity index (χ1v) is 9.38. The molecule has 2 N–H and O–H groups in total. The van der Waals surface area contributed by atoms with Crippen molar-refractivity contribution in [3.8, 4) is 5.75 Å². The summed E-state index contributed by atoms with van der Waals surface area (Å²) >= 11 is 0. The number of benzene rings is 1. The Morgan fingerprint density at radius 3 is 2.85 bits per heavy atom. The fraction of sp³-hybridized carbons (Fsp3) is 0.600. The van der Waals surface area contributed by atoms with Crippen molar-refractivity contribution in [2.75, 3.05) is 19.8 Å². The average Bonchev–Trinajstić information content (AvgIpc) is 3.08. The van der Waals surface area contributed by atoms with Crippen LogP contribution >= 0.6 is 0 Å². The molecule has 0 spiro atoms. The Labute approximate surface area is 159 Å². The van der Waals surface area contributed by atoms with Gasteiger partial charge in [-0.2, -0.15) is 0 Å². The number of rotatable bonds is 7. The number of carboxylic acids is 1.